The van der Waals surface area contributed by atoms with Gasteiger partial charge in [-0.2, -0.15) is 4.37 Å². The molecule has 74 valence electrons. The van der Waals surface area contributed by atoms with Gasteiger partial charge in [0.25, 0.3) is 5.91 Å². The van der Waals surface area contributed by atoms with Crippen LogP contribution in [0.4, 0.5) is 5.00 Å². The summed E-state index contributed by atoms with van der Waals surface area (Å²) in [6, 6.07) is 0. The molecule has 0 aliphatic heterocycles. The molecule has 0 aliphatic rings. The maximum Gasteiger partial charge on any atom is 0.256 e. The van der Waals surface area contributed by atoms with Crippen molar-refractivity contribution in [2.24, 2.45) is 0 Å². The minimum Gasteiger partial charge on any atom is -0.378 e. The number of rotatable bonds is 3. The number of anilines is 1. The standard InChI is InChI=1S/C9H11N3OS/c1-4-5-11-8(13)7-6(2)12-14-9(7)10-3/h1,10H,5H2,2-3H3,(H,11,13). The van der Waals surface area contributed by atoms with Crippen molar-refractivity contribution in [3.63, 3.8) is 0 Å². The first kappa shape index (κ1) is 10.5. The Morgan fingerprint density at radius 1 is 1.71 bits per heavy atom. The maximum atomic E-state index is 11.6. The maximum absolute atomic E-state index is 11.6. The van der Waals surface area contributed by atoms with E-state index in [2.05, 4.69) is 20.9 Å². The van der Waals surface area contributed by atoms with Gasteiger partial charge < -0.3 is 10.6 Å². The highest BCUT2D eigenvalue weighted by molar-refractivity contribution is 7.10. The van der Waals surface area contributed by atoms with E-state index in [4.69, 9.17) is 6.42 Å². The highest BCUT2D eigenvalue weighted by atomic mass is 32.1. The lowest BCUT2D eigenvalue weighted by atomic mass is 10.2. The summed E-state index contributed by atoms with van der Waals surface area (Å²) in [7, 11) is 1.75. The van der Waals surface area contributed by atoms with Gasteiger partial charge in [-0.1, -0.05) is 5.92 Å². The quantitative estimate of drug-likeness (QED) is 0.726. The molecule has 0 saturated carbocycles. The van der Waals surface area contributed by atoms with Gasteiger partial charge in [0.1, 0.15) is 5.00 Å². The molecular weight excluding hydrogens is 198 g/mol. The minimum atomic E-state index is -0.182. The molecule has 1 heterocycles. The summed E-state index contributed by atoms with van der Waals surface area (Å²) in [4.78, 5) is 11.6. The Morgan fingerprint density at radius 3 is 3.00 bits per heavy atom. The number of aromatic nitrogens is 1. The number of carbonyl (C=O) groups is 1. The minimum absolute atomic E-state index is 0.182. The molecule has 0 aromatic carbocycles. The summed E-state index contributed by atoms with van der Waals surface area (Å²) >= 11 is 1.26. The zero-order valence-electron chi connectivity index (χ0n) is 8.05. The molecule has 0 unspecified atom stereocenters. The number of amides is 1. The summed E-state index contributed by atoms with van der Waals surface area (Å²) < 4.78 is 4.08. The normalized spacial score (nSPS) is 9.21. The van der Waals surface area contributed by atoms with E-state index >= 15 is 0 Å². The van der Waals surface area contributed by atoms with Crippen LogP contribution in [0.2, 0.25) is 0 Å². The third-order valence-corrected chi connectivity index (χ3v) is 2.62. The van der Waals surface area contributed by atoms with E-state index in [-0.39, 0.29) is 12.5 Å². The highest BCUT2D eigenvalue weighted by Gasteiger charge is 2.16. The van der Waals surface area contributed by atoms with E-state index in [0.29, 0.717) is 11.3 Å². The number of aryl methyl sites for hydroxylation is 1. The third-order valence-electron chi connectivity index (χ3n) is 1.67. The van der Waals surface area contributed by atoms with Crippen LogP contribution >= 0.6 is 11.5 Å². The van der Waals surface area contributed by atoms with Crippen molar-refractivity contribution in [2.75, 3.05) is 18.9 Å². The molecule has 2 N–H and O–H groups in total. The fourth-order valence-corrected chi connectivity index (χ4v) is 1.77. The van der Waals surface area contributed by atoms with Gasteiger partial charge in [-0.25, -0.2) is 0 Å². The van der Waals surface area contributed by atoms with Crippen molar-refractivity contribution < 1.29 is 4.79 Å². The van der Waals surface area contributed by atoms with Crippen LogP contribution in [0.3, 0.4) is 0 Å². The average Bonchev–Trinajstić information content (AvgIpc) is 2.56. The van der Waals surface area contributed by atoms with Gasteiger partial charge >= 0.3 is 0 Å². The van der Waals surface area contributed by atoms with E-state index in [0.717, 1.165) is 5.00 Å². The molecule has 5 heteroatoms. The van der Waals surface area contributed by atoms with Crippen LogP contribution in [-0.2, 0) is 0 Å². The summed E-state index contributed by atoms with van der Waals surface area (Å²) in [6.45, 7) is 2.03. The molecule has 1 rings (SSSR count). The molecule has 0 spiro atoms. The zero-order valence-corrected chi connectivity index (χ0v) is 8.86. The number of hydrogen-bond donors (Lipinski definition) is 2. The molecule has 0 bridgehead atoms. The number of nitrogens with one attached hydrogen (secondary N) is 2. The van der Waals surface area contributed by atoms with E-state index in [1.54, 1.807) is 14.0 Å². The number of nitrogens with zero attached hydrogens (tertiary/aromatic N) is 1. The molecule has 1 aromatic heterocycles. The molecule has 1 aromatic rings. The largest absolute Gasteiger partial charge is 0.378 e. The van der Waals surface area contributed by atoms with Gasteiger partial charge in [0.15, 0.2) is 0 Å². The average molecular weight is 209 g/mol. The van der Waals surface area contributed by atoms with Crippen molar-refractivity contribution in [1.82, 2.24) is 9.69 Å². The van der Waals surface area contributed by atoms with Crippen LogP contribution in [0, 0.1) is 19.3 Å². The van der Waals surface area contributed by atoms with E-state index in [1.807, 2.05) is 0 Å². The Morgan fingerprint density at radius 2 is 2.43 bits per heavy atom. The number of carbonyl (C=O) groups excluding carboxylic acids is 1. The fourth-order valence-electron chi connectivity index (χ4n) is 1.03. The van der Waals surface area contributed by atoms with E-state index < -0.39 is 0 Å². The second-order valence-corrected chi connectivity index (χ2v) is 3.38. The summed E-state index contributed by atoms with van der Waals surface area (Å²) in [6.07, 6.45) is 5.05. The predicted octanol–water partition coefficient (Wildman–Crippen LogP) is 0.856. The van der Waals surface area contributed by atoms with Crippen molar-refractivity contribution in [1.29, 1.82) is 0 Å². The van der Waals surface area contributed by atoms with Gasteiger partial charge in [0.2, 0.25) is 0 Å². The van der Waals surface area contributed by atoms with E-state index in [9.17, 15) is 4.79 Å². The van der Waals surface area contributed by atoms with Crippen molar-refractivity contribution in [3.05, 3.63) is 11.3 Å². The van der Waals surface area contributed by atoms with E-state index in [1.165, 1.54) is 11.5 Å². The number of hydrogen-bond acceptors (Lipinski definition) is 4. The van der Waals surface area contributed by atoms with Crippen molar-refractivity contribution in [3.8, 4) is 12.3 Å². The van der Waals surface area contributed by atoms with Gasteiger partial charge in [-0.05, 0) is 18.5 Å². The first-order valence-electron chi connectivity index (χ1n) is 4.06. The Balaban J connectivity index is 2.88. The monoisotopic (exact) mass is 209 g/mol. The second-order valence-electron chi connectivity index (χ2n) is 2.61. The third kappa shape index (κ3) is 2.03. The smallest absolute Gasteiger partial charge is 0.256 e. The molecule has 0 fully saturated rings. The Hall–Kier alpha value is -1.54. The van der Waals surface area contributed by atoms with Crippen molar-refractivity contribution in [2.45, 2.75) is 6.92 Å². The van der Waals surface area contributed by atoms with Crippen LogP contribution in [0.15, 0.2) is 0 Å². The lowest BCUT2D eigenvalue weighted by molar-refractivity contribution is 0.0959. The van der Waals surface area contributed by atoms with Crippen molar-refractivity contribution >= 4 is 22.4 Å². The van der Waals surface area contributed by atoms with Gasteiger partial charge in [0, 0.05) is 7.05 Å². The van der Waals surface area contributed by atoms with Gasteiger partial charge in [-0.15, -0.1) is 6.42 Å². The topological polar surface area (TPSA) is 54.0 Å². The first-order chi connectivity index (χ1) is 6.70. The molecule has 0 saturated heterocycles. The number of terminal acetylenes is 1. The fraction of sp³-hybridized carbons (Fsp3) is 0.333. The Labute approximate surface area is 86.9 Å². The van der Waals surface area contributed by atoms with Gasteiger partial charge in [-0.3, -0.25) is 4.79 Å². The molecule has 4 nitrogen and oxygen atoms in total. The summed E-state index contributed by atoms with van der Waals surface area (Å²) in [5.41, 5.74) is 1.29. The second kappa shape index (κ2) is 4.63. The lowest BCUT2D eigenvalue weighted by Crippen LogP contribution is -2.24. The highest BCUT2D eigenvalue weighted by Crippen LogP contribution is 2.23. The summed E-state index contributed by atoms with van der Waals surface area (Å²) in [5.74, 6) is 2.17. The van der Waals surface area contributed by atoms with Crippen LogP contribution < -0.4 is 10.6 Å². The summed E-state index contributed by atoms with van der Waals surface area (Å²) in [5, 5.41) is 6.28. The molecular formula is C9H11N3OS. The molecule has 0 radical (unpaired) electrons. The lowest BCUT2D eigenvalue weighted by Gasteiger charge is -2.02. The zero-order chi connectivity index (χ0) is 10.6. The van der Waals surface area contributed by atoms with Crippen LogP contribution in [0.5, 0.6) is 0 Å². The van der Waals surface area contributed by atoms with Crippen LogP contribution in [-0.4, -0.2) is 23.9 Å². The van der Waals surface area contributed by atoms with Crippen LogP contribution in [0.25, 0.3) is 0 Å². The molecule has 1 amide bonds. The molecule has 0 aliphatic carbocycles. The molecule has 0 atom stereocenters. The Kier molecular flexibility index (Phi) is 3.48. The van der Waals surface area contributed by atoms with Gasteiger partial charge in [0.05, 0.1) is 17.8 Å². The SMILES string of the molecule is C#CCNC(=O)c1c(C)nsc1NC. The Bertz CT molecular complexity index is 378. The molecule has 14 heavy (non-hydrogen) atoms. The predicted molar refractivity (Wildman–Crippen MR) is 57.6 cm³/mol. The van der Waals surface area contributed by atoms with Crippen LogP contribution in [0.1, 0.15) is 16.1 Å². The first-order valence-corrected chi connectivity index (χ1v) is 4.83.